The minimum absolute atomic E-state index is 0.467. The van der Waals surface area contributed by atoms with Gasteiger partial charge in [0.1, 0.15) is 0 Å². The normalized spacial score (nSPS) is 32.5. The van der Waals surface area contributed by atoms with E-state index in [1.54, 1.807) is 0 Å². The van der Waals surface area contributed by atoms with E-state index in [0.717, 1.165) is 12.0 Å². The summed E-state index contributed by atoms with van der Waals surface area (Å²) >= 11 is 0. The van der Waals surface area contributed by atoms with Gasteiger partial charge >= 0.3 is 0 Å². The van der Waals surface area contributed by atoms with Gasteiger partial charge in [0, 0.05) is 11.6 Å². The molecule has 0 aromatic carbocycles. The molecule has 2 saturated heterocycles. The first kappa shape index (κ1) is 13.4. The Morgan fingerprint density at radius 3 is 2.53 bits per heavy atom. The molecule has 1 unspecified atom stereocenters. The molecule has 0 aromatic heterocycles. The van der Waals surface area contributed by atoms with Gasteiger partial charge in [0.05, 0.1) is 0 Å². The number of likely N-dealkylation sites (tertiary alicyclic amines) is 1. The van der Waals surface area contributed by atoms with Crippen molar-refractivity contribution in [3.05, 3.63) is 0 Å². The molecule has 2 rings (SSSR count). The van der Waals surface area contributed by atoms with E-state index < -0.39 is 0 Å². The maximum Gasteiger partial charge on any atom is 0.0153 e. The summed E-state index contributed by atoms with van der Waals surface area (Å²) in [7, 11) is 0. The third-order valence-electron chi connectivity index (χ3n) is 4.94. The first-order valence-electron chi connectivity index (χ1n) is 7.58. The molecule has 100 valence electrons. The quantitative estimate of drug-likeness (QED) is 0.810. The number of rotatable bonds is 4. The Morgan fingerprint density at radius 2 is 2.00 bits per heavy atom. The van der Waals surface area contributed by atoms with Crippen molar-refractivity contribution in [2.75, 3.05) is 19.6 Å². The molecule has 2 fully saturated rings. The van der Waals surface area contributed by atoms with Crippen LogP contribution in [0.2, 0.25) is 0 Å². The molecule has 0 aromatic rings. The summed E-state index contributed by atoms with van der Waals surface area (Å²) in [4.78, 5) is 2.63. The van der Waals surface area contributed by atoms with E-state index in [2.05, 4.69) is 31.0 Å². The van der Waals surface area contributed by atoms with E-state index in [4.69, 9.17) is 0 Å². The van der Waals surface area contributed by atoms with Crippen LogP contribution in [0, 0.1) is 5.92 Å². The lowest BCUT2D eigenvalue weighted by Gasteiger charge is -2.36. The zero-order chi connectivity index (χ0) is 12.3. The lowest BCUT2D eigenvalue weighted by molar-refractivity contribution is 0.140. The highest BCUT2D eigenvalue weighted by Crippen LogP contribution is 2.29. The van der Waals surface area contributed by atoms with Crippen LogP contribution in [-0.4, -0.2) is 36.1 Å². The van der Waals surface area contributed by atoms with Crippen molar-refractivity contribution in [3.63, 3.8) is 0 Å². The second-order valence-electron chi connectivity index (χ2n) is 6.70. The summed E-state index contributed by atoms with van der Waals surface area (Å²) in [5.74, 6) is 0.990. The van der Waals surface area contributed by atoms with Crippen molar-refractivity contribution in [1.82, 2.24) is 10.2 Å². The Bertz CT molecular complexity index is 223. The molecule has 0 bridgehead atoms. The lowest BCUT2D eigenvalue weighted by atomic mass is 9.85. The van der Waals surface area contributed by atoms with Gasteiger partial charge in [-0.25, -0.2) is 0 Å². The Morgan fingerprint density at radius 1 is 1.29 bits per heavy atom. The second-order valence-corrected chi connectivity index (χ2v) is 6.70. The highest BCUT2D eigenvalue weighted by molar-refractivity contribution is 4.89. The van der Waals surface area contributed by atoms with Crippen LogP contribution in [-0.2, 0) is 0 Å². The maximum absolute atomic E-state index is 3.69. The molecule has 2 nitrogen and oxygen atoms in total. The number of nitrogens with zero attached hydrogens (tertiary/aromatic N) is 1. The van der Waals surface area contributed by atoms with Gasteiger partial charge in [-0.15, -0.1) is 0 Å². The van der Waals surface area contributed by atoms with Crippen molar-refractivity contribution in [1.29, 1.82) is 0 Å². The van der Waals surface area contributed by atoms with Crippen LogP contribution in [0.4, 0.5) is 0 Å². The van der Waals surface area contributed by atoms with Crippen molar-refractivity contribution in [3.8, 4) is 0 Å². The fraction of sp³-hybridized carbons (Fsp3) is 1.00. The van der Waals surface area contributed by atoms with Crippen LogP contribution in [0.1, 0.15) is 59.3 Å². The van der Waals surface area contributed by atoms with E-state index in [1.807, 2.05) is 0 Å². The third-order valence-corrected chi connectivity index (χ3v) is 4.94. The summed E-state index contributed by atoms with van der Waals surface area (Å²) in [6.07, 6.45) is 8.44. The van der Waals surface area contributed by atoms with Gasteiger partial charge in [-0.2, -0.15) is 0 Å². The highest BCUT2D eigenvalue weighted by atomic mass is 15.1. The molecule has 2 aliphatic rings. The van der Waals surface area contributed by atoms with Gasteiger partial charge in [0.25, 0.3) is 0 Å². The molecule has 2 heterocycles. The highest BCUT2D eigenvalue weighted by Gasteiger charge is 2.29. The average molecular weight is 238 g/mol. The fourth-order valence-corrected chi connectivity index (χ4v) is 3.45. The molecule has 1 N–H and O–H groups in total. The third kappa shape index (κ3) is 3.69. The summed E-state index contributed by atoms with van der Waals surface area (Å²) in [5, 5.41) is 3.69. The summed E-state index contributed by atoms with van der Waals surface area (Å²) in [5.41, 5.74) is 0.467. The van der Waals surface area contributed by atoms with Crippen molar-refractivity contribution >= 4 is 0 Å². The second kappa shape index (κ2) is 5.71. The van der Waals surface area contributed by atoms with Crippen LogP contribution in [0.5, 0.6) is 0 Å². The van der Waals surface area contributed by atoms with Gasteiger partial charge < -0.3 is 10.2 Å². The Hall–Kier alpha value is -0.0800. The van der Waals surface area contributed by atoms with Crippen molar-refractivity contribution in [2.45, 2.75) is 70.9 Å². The van der Waals surface area contributed by atoms with Crippen LogP contribution >= 0.6 is 0 Å². The van der Waals surface area contributed by atoms with Gasteiger partial charge in [-0.3, -0.25) is 0 Å². The van der Waals surface area contributed by atoms with E-state index in [1.165, 1.54) is 58.2 Å². The molecule has 0 spiro atoms. The van der Waals surface area contributed by atoms with Gasteiger partial charge in [0.2, 0.25) is 0 Å². The molecule has 2 heteroatoms. The molecular weight excluding hydrogens is 208 g/mol. The predicted octanol–water partition coefficient (Wildman–Crippen LogP) is 3.03. The zero-order valence-corrected chi connectivity index (χ0v) is 12.0. The molecule has 2 aliphatic heterocycles. The Labute approximate surface area is 107 Å². The molecule has 0 amide bonds. The molecular formula is C15H30N2. The molecule has 1 atom stereocenters. The topological polar surface area (TPSA) is 15.3 Å². The van der Waals surface area contributed by atoms with E-state index >= 15 is 0 Å². The van der Waals surface area contributed by atoms with Crippen LogP contribution in [0.3, 0.4) is 0 Å². The van der Waals surface area contributed by atoms with E-state index in [0.29, 0.717) is 5.54 Å². The smallest absolute Gasteiger partial charge is 0.0153 e. The minimum Gasteiger partial charge on any atom is -0.312 e. The number of hydrogen-bond acceptors (Lipinski definition) is 2. The summed E-state index contributed by atoms with van der Waals surface area (Å²) < 4.78 is 0. The average Bonchev–Trinajstić information content (AvgIpc) is 2.75. The zero-order valence-electron chi connectivity index (χ0n) is 12.0. The molecule has 0 saturated carbocycles. The van der Waals surface area contributed by atoms with E-state index in [-0.39, 0.29) is 0 Å². The maximum atomic E-state index is 3.69. The van der Waals surface area contributed by atoms with Crippen molar-refractivity contribution < 1.29 is 0 Å². The fourth-order valence-electron chi connectivity index (χ4n) is 3.45. The van der Waals surface area contributed by atoms with E-state index in [9.17, 15) is 0 Å². The summed E-state index contributed by atoms with van der Waals surface area (Å²) in [6, 6.07) is 0.741. The largest absolute Gasteiger partial charge is 0.312 e. The SMILES string of the molecule is CC(C)N1CCC(CCC2(C)CCCN2)CC1. The van der Waals surface area contributed by atoms with Gasteiger partial charge in [-0.1, -0.05) is 0 Å². The van der Waals surface area contributed by atoms with Gasteiger partial charge in [0.15, 0.2) is 0 Å². The first-order chi connectivity index (χ1) is 8.09. The molecule has 17 heavy (non-hydrogen) atoms. The molecule has 0 radical (unpaired) electrons. The predicted molar refractivity (Wildman–Crippen MR) is 74.3 cm³/mol. The minimum atomic E-state index is 0.467. The number of hydrogen-bond donors (Lipinski definition) is 1. The van der Waals surface area contributed by atoms with Crippen molar-refractivity contribution in [2.24, 2.45) is 5.92 Å². The summed E-state index contributed by atoms with van der Waals surface area (Å²) in [6.45, 7) is 11.0. The van der Waals surface area contributed by atoms with Gasteiger partial charge in [-0.05, 0) is 84.8 Å². The standard InChI is InChI=1S/C15H30N2/c1-13(2)17-11-6-14(7-12-17)5-9-15(3)8-4-10-16-15/h13-14,16H,4-12H2,1-3H3. The number of piperidine rings is 1. The monoisotopic (exact) mass is 238 g/mol. The first-order valence-corrected chi connectivity index (χ1v) is 7.58. The Balaban J connectivity index is 1.68. The Kier molecular flexibility index (Phi) is 4.48. The lowest BCUT2D eigenvalue weighted by Crippen LogP contribution is -2.40. The van der Waals surface area contributed by atoms with Crippen LogP contribution in [0.15, 0.2) is 0 Å². The molecule has 0 aliphatic carbocycles. The number of nitrogens with one attached hydrogen (secondary N) is 1. The van der Waals surface area contributed by atoms with Crippen LogP contribution < -0.4 is 5.32 Å². The van der Waals surface area contributed by atoms with Crippen LogP contribution in [0.25, 0.3) is 0 Å².